The molecule has 0 unspecified atom stereocenters. The number of anilines is 1. The van der Waals surface area contributed by atoms with Gasteiger partial charge < -0.3 is 14.8 Å². The molecule has 2 aromatic carbocycles. The third-order valence-electron chi connectivity index (χ3n) is 3.82. The van der Waals surface area contributed by atoms with Gasteiger partial charge in [0.1, 0.15) is 0 Å². The van der Waals surface area contributed by atoms with E-state index in [0.717, 1.165) is 22.4 Å². The predicted molar refractivity (Wildman–Crippen MR) is 94.6 cm³/mol. The van der Waals surface area contributed by atoms with Crippen molar-refractivity contribution < 1.29 is 19.1 Å². The maximum absolute atomic E-state index is 11.9. The Morgan fingerprint density at radius 1 is 0.920 bits per heavy atom. The van der Waals surface area contributed by atoms with Gasteiger partial charge in [-0.25, -0.2) is 9.59 Å². The number of nitrogens with one attached hydrogen (secondary N) is 1. The van der Waals surface area contributed by atoms with Crippen molar-refractivity contribution in [3.63, 3.8) is 0 Å². The molecule has 0 aliphatic carbocycles. The Morgan fingerprint density at radius 3 is 2.16 bits per heavy atom. The summed E-state index contributed by atoms with van der Waals surface area (Å²) in [6, 6.07) is 16.0. The second-order valence-corrected chi connectivity index (χ2v) is 6.28. The van der Waals surface area contributed by atoms with Crippen molar-refractivity contribution in [2.45, 2.75) is 26.6 Å². The molecule has 0 spiro atoms. The zero-order chi connectivity index (χ0) is 18.0. The lowest BCUT2D eigenvalue weighted by Crippen LogP contribution is -2.42. The molecular formula is C20H19NO4. The van der Waals surface area contributed by atoms with E-state index in [-0.39, 0.29) is 5.57 Å². The van der Waals surface area contributed by atoms with Crippen molar-refractivity contribution in [1.29, 1.82) is 0 Å². The summed E-state index contributed by atoms with van der Waals surface area (Å²) in [5.41, 5.74) is 3.83. The molecular weight excluding hydrogens is 318 g/mol. The van der Waals surface area contributed by atoms with Gasteiger partial charge in [-0.2, -0.15) is 0 Å². The minimum absolute atomic E-state index is 0.161. The largest absolute Gasteiger partial charge is 0.419 e. The predicted octanol–water partition coefficient (Wildman–Crippen LogP) is 3.79. The molecule has 2 aromatic rings. The number of carbonyl (C=O) groups excluding carboxylic acids is 2. The van der Waals surface area contributed by atoms with Crippen LogP contribution in [0.2, 0.25) is 0 Å². The van der Waals surface area contributed by atoms with Crippen LogP contribution >= 0.6 is 0 Å². The molecule has 1 fully saturated rings. The molecule has 0 bridgehead atoms. The quantitative estimate of drug-likeness (QED) is 0.524. The molecule has 0 aromatic heterocycles. The molecule has 0 radical (unpaired) electrons. The first-order valence-corrected chi connectivity index (χ1v) is 7.95. The molecule has 128 valence electrons. The SMILES string of the molecule is Cc1cc(-c2ccccc2)ccc1NC=C1C(=O)OC(C)(C)OC1=O. The Morgan fingerprint density at radius 2 is 1.56 bits per heavy atom. The summed E-state index contributed by atoms with van der Waals surface area (Å²) in [6.45, 7) is 4.98. The van der Waals surface area contributed by atoms with E-state index in [2.05, 4.69) is 5.32 Å². The highest BCUT2D eigenvalue weighted by Crippen LogP contribution is 2.26. The first-order chi connectivity index (χ1) is 11.9. The molecule has 0 amide bonds. The lowest BCUT2D eigenvalue weighted by molar-refractivity contribution is -0.222. The summed E-state index contributed by atoms with van der Waals surface area (Å²) < 4.78 is 10.1. The van der Waals surface area contributed by atoms with E-state index in [1.165, 1.54) is 20.0 Å². The molecule has 5 heteroatoms. The lowest BCUT2D eigenvalue weighted by Gasteiger charge is -2.29. The smallest absolute Gasteiger partial charge is 0.350 e. The van der Waals surface area contributed by atoms with Crippen LogP contribution < -0.4 is 5.32 Å². The molecule has 1 heterocycles. The van der Waals surface area contributed by atoms with Crippen molar-refractivity contribution in [2.24, 2.45) is 0 Å². The van der Waals surface area contributed by atoms with Crippen LogP contribution in [-0.2, 0) is 19.1 Å². The number of cyclic esters (lactones) is 2. The van der Waals surface area contributed by atoms with Gasteiger partial charge in [-0.05, 0) is 35.7 Å². The van der Waals surface area contributed by atoms with Crippen LogP contribution in [0.15, 0.2) is 60.3 Å². The number of hydrogen-bond acceptors (Lipinski definition) is 5. The summed E-state index contributed by atoms with van der Waals surface area (Å²) in [5, 5.41) is 2.99. The molecule has 5 nitrogen and oxygen atoms in total. The molecule has 1 N–H and O–H groups in total. The third kappa shape index (κ3) is 3.71. The Labute approximate surface area is 146 Å². The minimum Gasteiger partial charge on any atom is -0.419 e. The van der Waals surface area contributed by atoms with Gasteiger partial charge in [0.25, 0.3) is 5.79 Å². The van der Waals surface area contributed by atoms with Crippen LogP contribution in [-0.4, -0.2) is 17.7 Å². The zero-order valence-electron chi connectivity index (χ0n) is 14.3. The summed E-state index contributed by atoms with van der Waals surface area (Å²) >= 11 is 0. The Hall–Kier alpha value is -3.08. The zero-order valence-corrected chi connectivity index (χ0v) is 14.3. The second-order valence-electron chi connectivity index (χ2n) is 6.28. The van der Waals surface area contributed by atoms with Crippen molar-refractivity contribution in [2.75, 3.05) is 5.32 Å². The van der Waals surface area contributed by atoms with Crippen molar-refractivity contribution in [1.82, 2.24) is 0 Å². The van der Waals surface area contributed by atoms with Crippen LogP contribution in [0, 0.1) is 6.92 Å². The first kappa shape index (κ1) is 16.8. The van der Waals surface area contributed by atoms with Gasteiger partial charge in [0, 0.05) is 25.7 Å². The molecule has 1 aliphatic rings. The topological polar surface area (TPSA) is 64.6 Å². The van der Waals surface area contributed by atoms with E-state index in [9.17, 15) is 9.59 Å². The van der Waals surface area contributed by atoms with E-state index in [1.807, 2.05) is 55.5 Å². The second kappa shape index (κ2) is 6.43. The van der Waals surface area contributed by atoms with Crippen LogP contribution in [0.4, 0.5) is 5.69 Å². The van der Waals surface area contributed by atoms with Gasteiger partial charge >= 0.3 is 11.9 Å². The van der Waals surface area contributed by atoms with Gasteiger partial charge in [-0.1, -0.05) is 36.4 Å². The third-order valence-corrected chi connectivity index (χ3v) is 3.82. The van der Waals surface area contributed by atoms with E-state index in [0.29, 0.717) is 0 Å². The number of ether oxygens (including phenoxy) is 2. The normalized spacial score (nSPS) is 16.0. The molecule has 25 heavy (non-hydrogen) atoms. The van der Waals surface area contributed by atoms with Crippen molar-refractivity contribution >= 4 is 17.6 Å². The van der Waals surface area contributed by atoms with Gasteiger partial charge in [0.05, 0.1) is 0 Å². The number of hydrogen-bond donors (Lipinski definition) is 1. The van der Waals surface area contributed by atoms with Gasteiger partial charge in [0.15, 0.2) is 5.57 Å². The number of carbonyl (C=O) groups is 2. The standard InChI is InChI=1S/C20H19NO4/c1-13-11-15(14-7-5-4-6-8-14)9-10-17(13)21-12-16-18(22)24-20(2,3)25-19(16)23/h4-12,21H,1-3H3. The fourth-order valence-electron chi connectivity index (χ4n) is 2.56. The first-order valence-electron chi connectivity index (χ1n) is 7.95. The number of esters is 2. The highest BCUT2D eigenvalue weighted by atomic mass is 16.7. The maximum Gasteiger partial charge on any atom is 0.350 e. The Balaban J connectivity index is 1.80. The monoisotopic (exact) mass is 337 g/mol. The van der Waals surface area contributed by atoms with Crippen molar-refractivity contribution in [3.05, 3.63) is 65.9 Å². The van der Waals surface area contributed by atoms with Crippen LogP contribution in [0.1, 0.15) is 19.4 Å². The van der Waals surface area contributed by atoms with E-state index in [1.54, 1.807) is 0 Å². The maximum atomic E-state index is 11.9. The lowest BCUT2D eigenvalue weighted by atomic mass is 10.0. The highest BCUT2D eigenvalue weighted by molar-refractivity contribution is 6.15. The summed E-state index contributed by atoms with van der Waals surface area (Å²) in [6.07, 6.45) is 1.32. The Bertz CT molecular complexity index is 831. The van der Waals surface area contributed by atoms with E-state index >= 15 is 0 Å². The number of rotatable bonds is 3. The minimum atomic E-state index is -1.24. The molecule has 1 saturated heterocycles. The van der Waals surface area contributed by atoms with Crippen LogP contribution in [0.3, 0.4) is 0 Å². The fourth-order valence-corrected chi connectivity index (χ4v) is 2.56. The van der Waals surface area contributed by atoms with E-state index in [4.69, 9.17) is 9.47 Å². The van der Waals surface area contributed by atoms with E-state index < -0.39 is 17.7 Å². The average Bonchev–Trinajstić information content (AvgIpc) is 2.55. The fraction of sp³-hybridized carbons (Fsp3) is 0.200. The Kier molecular flexibility index (Phi) is 4.31. The van der Waals surface area contributed by atoms with Crippen molar-refractivity contribution in [3.8, 4) is 11.1 Å². The number of benzene rings is 2. The molecule has 1 aliphatic heterocycles. The average molecular weight is 337 g/mol. The van der Waals surface area contributed by atoms with Crippen LogP contribution in [0.25, 0.3) is 11.1 Å². The van der Waals surface area contributed by atoms with Crippen LogP contribution in [0.5, 0.6) is 0 Å². The highest BCUT2D eigenvalue weighted by Gasteiger charge is 2.38. The number of aryl methyl sites for hydroxylation is 1. The summed E-state index contributed by atoms with van der Waals surface area (Å²) in [7, 11) is 0. The molecule has 0 atom stereocenters. The molecule has 0 saturated carbocycles. The molecule has 3 rings (SSSR count). The van der Waals surface area contributed by atoms with Gasteiger partial charge in [-0.3, -0.25) is 0 Å². The van der Waals surface area contributed by atoms with Gasteiger partial charge in [-0.15, -0.1) is 0 Å². The summed E-state index contributed by atoms with van der Waals surface area (Å²) in [5.74, 6) is -2.64. The van der Waals surface area contributed by atoms with Gasteiger partial charge in [0.2, 0.25) is 0 Å². The summed E-state index contributed by atoms with van der Waals surface area (Å²) in [4.78, 5) is 23.9.